The molecule has 0 unspecified atom stereocenters. The van der Waals surface area contributed by atoms with Crippen LogP contribution in [0.5, 0.6) is 40.2 Å². The highest BCUT2D eigenvalue weighted by Crippen LogP contribution is 2.42. The summed E-state index contributed by atoms with van der Waals surface area (Å²) in [5.74, 6) is -1.89. The molecule has 1 aliphatic rings. The van der Waals surface area contributed by atoms with Crippen LogP contribution in [0.1, 0.15) is 239 Å². The van der Waals surface area contributed by atoms with Crippen LogP contribution in [0.15, 0.2) is 145 Å². The van der Waals surface area contributed by atoms with E-state index in [0.29, 0.717) is 90.4 Å². The van der Waals surface area contributed by atoms with Crippen molar-refractivity contribution in [3.05, 3.63) is 190 Å². The Morgan fingerprint density at radius 2 is 1.02 bits per heavy atom. The third-order valence-electron chi connectivity index (χ3n) is 19.2. The number of Topliss-reactive ketones (excluding diaryl/α,β-unsaturated/α-hetero) is 3. The van der Waals surface area contributed by atoms with Crippen molar-refractivity contribution in [2.75, 3.05) is 66.8 Å². The molecular formula is C92H114Br4F4N6O15. The van der Waals surface area contributed by atoms with Crippen LogP contribution in [0.25, 0.3) is 11.1 Å². The van der Waals surface area contributed by atoms with Gasteiger partial charge in [-0.2, -0.15) is 5.26 Å². The number of carbonyl (C=O) groups is 8. The topological polar surface area (TPSA) is 329 Å². The molecule has 1 heterocycles. The number of nitriles is 1. The van der Waals surface area contributed by atoms with E-state index in [1.165, 1.54) is 94.1 Å². The average molecular weight is 1940 g/mol. The van der Waals surface area contributed by atoms with Crippen LogP contribution in [0, 0.1) is 23.2 Å². The van der Waals surface area contributed by atoms with E-state index in [9.17, 15) is 61.2 Å². The number of nitrogens with one attached hydrogen (secondary N) is 1. The summed E-state index contributed by atoms with van der Waals surface area (Å²) in [6.45, 7) is 10.3. The van der Waals surface area contributed by atoms with Crippen LogP contribution in [0.2, 0.25) is 0 Å². The largest absolute Gasteiger partial charge is 0.508 e. The number of amides is 2. The molecule has 121 heavy (non-hydrogen) atoms. The SMILES string of the molecule is CCCCCCCOc1ccc(Br)c(C(F)F)c1.CCCCCCCOc1ccc(Br)c(C=O)c1.CCCCCCCOc1ccc(C(=O)C[C@@H](CCN)C(=O)N(C)[C@@H]2C(=O)C[C@@H](C)C(=O)N[C@H](C(=O)CCC#N)Cc3ccc(OCCN)c(c3)-c3cc2ccc3OCCN)c(C(F)F)c1.COc1ccc(Br)c(C=O)c1.O=Cc1cc(O)ccc1Br. The molecule has 7 aromatic carbocycles. The Labute approximate surface area is 742 Å². The molecule has 0 saturated carbocycles. The zero-order valence-corrected chi connectivity index (χ0v) is 76.0. The smallest absolute Gasteiger partial charge is 0.265 e. The van der Waals surface area contributed by atoms with Gasteiger partial charge in [0.15, 0.2) is 36.2 Å². The van der Waals surface area contributed by atoms with E-state index in [1.807, 2.05) is 18.2 Å². The molecule has 4 bridgehead atoms. The number of aromatic hydroxyl groups is 1. The lowest BCUT2D eigenvalue weighted by atomic mass is 9.88. The van der Waals surface area contributed by atoms with Gasteiger partial charge < -0.3 is 60.9 Å². The van der Waals surface area contributed by atoms with Crippen molar-refractivity contribution in [2.24, 2.45) is 29.0 Å². The Hall–Kier alpha value is -8.89. The quantitative estimate of drug-likeness (QED) is 0.0103. The number of hydrogen-bond acceptors (Lipinski definition) is 19. The highest BCUT2D eigenvalue weighted by Gasteiger charge is 2.37. The highest BCUT2D eigenvalue weighted by atomic mass is 79.9. The third kappa shape index (κ3) is 37.0. The number of aldehydes is 3. The normalized spacial score (nSPS) is 13.7. The Morgan fingerprint density at radius 3 is 1.51 bits per heavy atom. The number of nitrogens with zero attached hydrogens (tertiary/aromatic N) is 2. The summed E-state index contributed by atoms with van der Waals surface area (Å²) in [4.78, 5) is 103. The van der Waals surface area contributed by atoms with Gasteiger partial charge in [0.25, 0.3) is 12.9 Å². The number of unbranched alkanes of at least 4 members (excludes halogenated alkanes) is 12. The fraction of sp³-hybridized carbons (Fsp3) is 0.446. The molecule has 0 spiro atoms. The van der Waals surface area contributed by atoms with Crippen LogP contribution >= 0.6 is 63.7 Å². The van der Waals surface area contributed by atoms with Crippen molar-refractivity contribution in [1.29, 1.82) is 5.26 Å². The van der Waals surface area contributed by atoms with Crippen molar-refractivity contribution in [3.63, 3.8) is 0 Å². The van der Waals surface area contributed by atoms with Crippen molar-refractivity contribution in [2.45, 2.75) is 187 Å². The average Bonchev–Trinajstić information content (AvgIpc) is 0.776. The second-order valence-corrected chi connectivity index (χ2v) is 31.9. The van der Waals surface area contributed by atoms with Gasteiger partial charge in [-0.1, -0.05) is 181 Å². The molecule has 4 atom stereocenters. The summed E-state index contributed by atoms with van der Waals surface area (Å²) in [5, 5.41) is 20.9. The number of phenols is 1. The summed E-state index contributed by atoms with van der Waals surface area (Å²) in [6.07, 6.45) is 12.7. The zero-order valence-electron chi connectivity index (χ0n) is 69.6. The molecular weight excluding hydrogens is 1820 g/mol. The first-order valence-electron chi connectivity index (χ1n) is 40.7. The van der Waals surface area contributed by atoms with E-state index in [2.05, 4.69) is 89.8 Å². The molecule has 0 aliphatic carbocycles. The number of likely N-dealkylation sites (N-methyl/N-ethyl adjacent to an activating group) is 1. The molecule has 0 saturated heterocycles. The number of phenolic OH excluding ortho intramolecular Hbond substituents is 1. The fourth-order valence-electron chi connectivity index (χ4n) is 12.6. The molecule has 21 nitrogen and oxygen atoms in total. The van der Waals surface area contributed by atoms with Gasteiger partial charge in [0.05, 0.1) is 39.0 Å². The van der Waals surface area contributed by atoms with Crippen molar-refractivity contribution >= 4 is 112 Å². The standard InChI is InChI=1S/C49H64F2N6O8.C14H19BrF2O.C14H19BrO2.C8H7BrO2.C7H5BrO2/c1-4-5-6-7-8-22-63-35-13-14-36(39(30-35)47(50)51)42(59)29-34(17-19-53)49(62)57(3)46-33-12-16-45(65-24-21-55)38(28-33)37-26-32(11-15-44(37)64-23-20-54)27-40(41(58)10-9-18-52)56-48(61)31(2)25-43(46)60;1-2-3-4-5-6-9-18-11-7-8-13(15)12(10-11)14(16)17;1-2-3-4-5-6-9-17-13-7-8-14(15)12(10-13)11-16;1-11-7-2-3-8(9)6(4-7)5-10;8-7-2-1-6(10)3-5(7)4-9/h11-16,26,28,30-31,34,40,46-47H,4-10,17,19-25,27,29,53-55H2,1-3H3,(H,56,61);7-8,10,14H,2-6,9H2,1H3;7-8,10-11H,2-6,9H2,1H3;2-5H,1H3;1-4,10H/t31-,34-,40+,46+;;;;/m1..../s1. The van der Waals surface area contributed by atoms with E-state index in [-0.39, 0.29) is 93.4 Å². The Kier molecular flexibility index (Phi) is 50.9. The lowest BCUT2D eigenvalue weighted by Crippen LogP contribution is -2.46. The number of halogens is 8. The van der Waals surface area contributed by atoms with Gasteiger partial charge in [0.1, 0.15) is 59.5 Å². The predicted molar refractivity (Wildman–Crippen MR) is 477 cm³/mol. The minimum atomic E-state index is -3.01. The molecule has 658 valence electrons. The highest BCUT2D eigenvalue weighted by molar-refractivity contribution is 9.11. The maximum absolute atomic E-state index is 14.7. The first-order valence-corrected chi connectivity index (χ1v) is 43.9. The number of fused-ring (bicyclic) bond motifs is 5. The molecule has 0 fully saturated rings. The minimum absolute atomic E-state index is 0.00909. The van der Waals surface area contributed by atoms with Crippen LogP contribution < -0.4 is 50.9 Å². The van der Waals surface area contributed by atoms with Crippen molar-refractivity contribution in [1.82, 2.24) is 10.2 Å². The van der Waals surface area contributed by atoms with Crippen molar-refractivity contribution < 1.29 is 89.4 Å². The molecule has 2 amide bonds. The van der Waals surface area contributed by atoms with E-state index in [1.54, 1.807) is 86.0 Å². The number of rotatable bonds is 43. The van der Waals surface area contributed by atoms with Gasteiger partial charge in [0, 0.05) is 120 Å². The summed E-state index contributed by atoms with van der Waals surface area (Å²) < 4.78 is 90.9. The summed E-state index contributed by atoms with van der Waals surface area (Å²) in [6, 6.07) is 33.7. The second kappa shape index (κ2) is 59.0. The molecule has 0 radical (unpaired) electrons. The number of methoxy groups -OCH3 is 1. The van der Waals surface area contributed by atoms with Gasteiger partial charge in [0.2, 0.25) is 11.8 Å². The van der Waals surface area contributed by atoms with Gasteiger partial charge in [-0.3, -0.25) is 38.4 Å². The van der Waals surface area contributed by atoms with E-state index >= 15 is 0 Å². The molecule has 7 aromatic rings. The summed E-state index contributed by atoms with van der Waals surface area (Å²) in [7, 11) is 2.97. The first-order chi connectivity index (χ1) is 58.2. The third-order valence-corrected chi connectivity index (χ3v) is 22.1. The van der Waals surface area contributed by atoms with E-state index in [0.717, 1.165) is 91.3 Å². The molecule has 0 aromatic heterocycles. The second-order valence-electron chi connectivity index (χ2n) is 28.5. The summed E-state index contributed by atoms with van der Waals surface area (Å²) in [5.41, 5.74) is 20.5. The Balaban J connectivity index is 0.000000432. The first kappa shape index (κ1) is 104. The summed E-state index contributed by atoms with van der Waals surface area (Å²) >= 11 is 12.8. The minimum Gasteiger partial charge on any atom is -0.508 e. The molecule has 8 rings (SSSR count). The van der Waals surface area contributed by atoms with E-state index < -0.39 is 72.1 Å². The predicted octanol–water partition coefficient (Wildman–Crippen LogP) is 21.1. The van der Waals surface area contributed by atoms with Gasteiger partial charge in [-0.25, -0.2) is 17.6 Å². The number of nitrogens with two attached hydrogens (primary N) is 3. The molecule has 8 N–H and O–H groups in total. The lowest BCUT2D eigenvalue weighted by Gasteiger charge is -2.32. The lowest BCUT2D eigenvalue weighted by molar-refractivity contribution is -0.142. The zero-order chi connectivity index (χ0) is 89.2. The number of hydrogen-bond donors (Lipinski definition) is 5. The Morgan fingerprint density at radius 1 is 0.562 bits per heavy atom. The van der Waals surface area contributed by atoms with Crippen LogP contribution in [-0.4, -0.2) is 131 Å². The van der Waals surface area contributed by atoms with Crippen LogP contribution in [-0.2, 0) is 25.6 Å². The number of carbonyl (C=O) groups excluding carboxylic acids is 8. The number of ketones is 3. The van der Waals surface area contributed by atoms with Gasteiger partial charge in [-0.05, 0) is 165 Å². The van der Waals surface area contributed by atoms with E-state index in [4.69, 9.17) is 50.7 Å². The number of alkyl halides is 4. The molecule has 29 heteroatoms. The maximum Gasteiger partial charge on any atom is 0.265 e. The van der Waals surface area contributed by atoms with Crippen LogP contribution in [0.4, 0.5) is 17.6 Å². The fourth-order valence-corrected chi connectivity index (χ4v) is 14.0. The Bertz CT molecular complexity index is 4440. The van der Waals surface area contributed by atoms with Crippen LogP contribution in [0.3, 0.4) is 0 Å². The monoisotopic (exact) mass is 1930 g/mol. The van der Waals surface area contributed by atoms with Gasteiger partial charge >= 0.3 is 0 Å². The maximum atomic E-state index is 14.7. The number of benzene rings is 7. The van der Waals surface area contributed by atoms with Gasteiger partial charge in [-0.15, -0.1) is 0 Å². The van der Waals surface area contributed by atoms with Crippen molar-refractivity contribution in [3.8, 4) is 57.4 Å². The molecule has 1 aliphatic heterocycles. The number of ether oxygens (including phenoxy) is 6.